The van der Waals surface area contributed by atoms with Crippen molar-refractivity contribution >= 4 is 40.2 Å². The van der Waals surface area contributed by atoms with Crippen LogP contribution in [-0.2, 0) is 4.74 Å². The van der Waals surface area contributed by atoms with Crippen molar-refractivity contribution in [1.29, 1.82) is 0 Å². The van der Waals surface area contributed by atoms with Gasteiger partial charge in [0.05, 0.1) is 30.5 Å². The van der Waals surface area contributed by atoms with Crippen LogP contribution in [0.2, 0.25) is 0 Å². The largest absolute Gasteiger partial charge is 0.493 e. The van der Waals surface area contributed by atoms with Crippen LogP contribution in [0.3, 0.4) is 0 Å². The van der Waals surface area contributed by atoms with Crippen LogP contribution in [-0.4, -0.2) is 25.6 Å². The van der Waals surface area contributed by atoms with Crippen LogP contribution in [0.5, 0.6) is 5.75 Å². The summed E-state index contributed by atoms with van der Waals surface area (Å²) < 4.78 is 11.1. The predicted octanol–water partition coefficient (Wildman–Crippen LogP) is 4.12. The average molecular weight is 439 g/mol. The van der Waals surface area contributed by atoms with Gasteiger partial charge in [-0.2, -0.15) is 0 Å². The summed E-state index contributed by atoms with van der Waals surface area (Å²) in [5.74, 6) is -0.322. The molecular formula is C18H18INO4. The van der Waals surface area contributed by atoms with E-state index in [1.54, 1.807) is 30.3 Å². The first-order chi connectivity index (χ1) is 11.6. The lowest BCUT2D eigenvalue weighted by atomic mass is 10.1. The van der Waals surface area contributed by atoms with Crippen molar-refractivity contribution in [3.63, 3.8) is 0 Å². The van der Waals surface area contributed by atoms with Gasteiger partial charge in [0.15, 0.2) is 0 Å². The van der Waals surface area contributed by atoms with Gasteiger partial charge < -0.3 is 14.8 Å². The zero-order chi connectivity index (χ0) is 17.5. The number of anilines is 1. The number of halogens is 1. The summed E-state index contributed by atoms with van der Waals surface area (Å²) in [6.07, 6.45) is 0.846. The number of rotatable bonds is 6. The number of esters is 1. The molecular weight excluding hydrogens is 421 g/mol. The van der Waals surface area contributed by atoms with Crippen molar-refractivity contribution in [2.75, 3.05) is 19.0 Å². The Morgan fingerprint density at radius 1 is 1.08 bits per heavy atom. The molecule has 2 aromatic rings. The van der Waals surface area contributed by atoms with Gasteiger partial charge in [-0.1, -0.05) is 25.1 Å². The Kier molecular flexibility index (Phi) is 6.60. The highest BCUT2D eigenvalue weighted by atomic mass is 127. The Morgan fingerprint density at radius 2 is 1.79 bits per heavy atom. The second kappa shape index (κ2) is 8.68. The number of benzene rings is 2. The van der Waals surface area contributed by atoms with E-state index in [1.165, 1.54) is 7.11 Å². The molecule has 2 rings (SSSR count). The molecule has 0 bridgehead atoms. The number of nitrogens with one attached hydrogen (secondary N) is 1. The summed E-state index contributed by atoms with van der Waals surface area (Å²) in [5.41, 5.74) is 1.16. The minimum Gasteiger partial charge on any atom is -0.493 e. The van der Waals surface area contributed by atoms with Crippen molar-refractivity contribution in [2.24, 2.45) is 0 Å². The van der Waals surface area contributed by atoms with Crippen LogP contribution < -0.4 is 10.1 Å². The number of carbonyl (C=O) groups excluding carboxylic acids is 2. The zero-order valence-electron chi connectivity index (χ0n) is 13.5. The first kappa shape index (κ1) is 18.3. The lowest BCUT2D eigenvalue weighted by Gasteiger charge is -2.14. The van der Waals surface area contributed by atoms with Gasteiger partial charge in [0.25, 0.3) is 5.91 Å². The van der Waals surface area contributed by atoms with Crippen LogP contribution in [0, 0.1) is 3.57 Å². The second-order valence-electron chi connectivity index (χ2n) is 4.95. The molecule has 0 aliphatic rings. The molecule has 0 unspecified atom stereocenters. The molecule has 0 fully saturated rings. The lowest BCUT2D eigenvalue weighted by molar-refractivity contribution is 0.0602. The Morgan fingerprint density at radius 3 is 2.50 bits per heavy atom. The predicted molar refractivity (Wildman–Crippen MR) is 101 cm³/mol. The van der Waals surface area contributed by atoms with Crippen LogP contribution in [0.25, 0.3) is 0 Å². The quantitative estimate of drug-likeness (QED) is 0.544. The Hall–Kier alpha value is -2.09. The van der Waals surface area contributed by atoms with Gasteiger partial charge in [-0.05, 0) is 53.3 Å². The van der Waals surface area contributed by atoms with Crippen LogP contribution >= 0.6 is 22.6 Å². The minimum atomic E-state index is -0.501. The van der Waals surface area contributed by atoms with Crippen LogP contribution in [0.1, 0.15) is 34.1 Å². The number of methoxy groups -OCH3 is 1. The van der Waals surface area contributed by atoms with Gasteiger partial charge in [0.1, 0.15) is 5.75 Å². The van der Waals surface area contributed by atoms with E-state index in [-0.39, 0.29) is 5.91 Å². The number of amides is 1. The molecule has 0 radical (unpaired) electrons. The number of hydrogen-bond acceptors (Lipinski definition) is 4. The minimum absolute atomic E-state index is 0.310. The SMILES string of the molecule is CCCOc1ccccc1C(=O)Nc1c(I)cccc1C(=O)OC. The summed E-state index contributed by atoms with van der Waals surface area (Å²) in [6.45, 7) is 2.53. The number of para-hydroxylation sites is 2. The van der Waals surface area contributed by atoms with Gasteiger partial charge >= 0.3 is 5.97 Å². The monoisotopic (exact) mass is 439 g/mol. The Balaban J connectivity index is 2.33. The highest BCUT2D eigenvalue weighted by Gasteiger charge is 2.19. The molecule has 0 aliphatic carbocycles. The molecule has 1 N–H and O–H groups in total. The third-order valence-corrected chi connectivity index (χ3v) is 4.15. The van der Waals surface area contributed by atoms with E-state index in [2.05, 4.69) is 27.9 Å². The topological polar surface area (TPSA) is 64.6 Å². The molecule has 0 aromatic heterocycles. The first-order valence-corrected chi connectivity index (χ1v) is 8.56. The van der Waals surface area contributed by atoms with E-state index in [9.17, 15) is 9.59 Å². The van der Waals surface area contributed by atoms with Gasteiger partial charge in [-0.25, -0.2) is 4.79 Å². The molecule has 0 aliphatic heterocycles. The maximum atomic E-state index is 12.7. The summed E-state index contributed by atoms with van der Waals surface area (Å²) in [7, 11) is 1.31. The van der Waals surface area contributed by atoms with Crippen LogP contribution in [0.4, 0.5) is 5.69 Å². The zero-order valence-corrected chi connectivity index (χ0v) is 15.6. The standard InChI is InChI=1S/C18H18INO4/c1-3-11-24-15-10-5-4-7-12(15)17(21)20-16-13(18(22)23-2)8-6-9-14(16)19/h4-10H,3,11H2,1-2H3,(H,20,21). The highest BCUT2D eigenvalue weighted by molar-refractivity contribution is 14.1. The van der Waals surface area contributed by atoms with Gasteiger partial charge in [-0.3, -0.25) is 4.79 Å². The maximum Gasteiger partial charge on any atom is 0.340 e. The van der Waals surface area contributed by atoms with Crippen molar-refractivity contribution in [3.8, 4) is 5.75 Å². The summed E-state index contributed by atoms with van der Waals surface area (Å²) in [4.78, 5) is 24.6. The smallest absolute Gasteiger partial charge is 0.340 e. The van der Waals surface area contributed by atoms with Gasteiger partial charge in [0, 0.05) is 3.57 Å². The summed E-state index contributed by atoms with van der Waals surface area (Å²) in [6, 6.07) is 12.2. The summed E-state index contributed by atoms with van der Waals surface area (Å²) >= 11 is 2.07. The van der Waals surface area contributed by atoms with Crippen molar-refractivity contribution < 1.29 is 19.1 Å². The first-order valence-electron chi connectivity index (χ1n) is 7.48. The van der Waals surface area contributed by atoms with Crippen molar-refractivity contribution in [1.82, 2.24) is 0 Å². The second-order valence-corrected chi connectivity index (χ2v) is 6.11. The van der Waals surface area contributed by atoms with Gasteiger partial charge in [0.2, 0.25) is 0 Å². The molecule has 1 amide bonds. The molecule has 126 valence electrons. The third kappa shape index (κ3) is 4.25. The van der Waals surface area contributed by atoms with Crippen molar-refractivity contribution in [3.05, 3.63) is 57.2 Å². The number of hydrogen-bond donors (Lipinski definition) is 1. The molecule has 0 spiro atoms. The Bertz CT molecular complexity index is 746. The van der Waals surface area contributed by atoms with E-state index in [1.807, 2.05) is 19.1 Å². The maximum absolute atomic E-state index is 12.7. The van der Waals surface area contributed by atoms with Crippen molar-refractivity contribution in [2.45, 2.75) is 13.3 Å². The van der Waals surface area contributed by atoms with E-state index in [0.29, 0.717) is 29.2 Å². The average Bonchev–Trinajstić information content (AvgIpc) is 2.61. The number of ether oxygens (including phenoxy) is 2. The van der Waals surface area contributed by atoms with E-state index >= 15 is 0 Å². The van der Waals surface area contributed by atoms with Crippen LogP contribution in [0.15, 0.2) is 42.5 Å². The molecule has 24 heavy (non-hydrogen) atoms. The normalized spacial score (nSPS) is 10.1. The number of carbonyl (C=O) groups is 2. The highest BCUT2D eigenvalue weighted by Crippen LogP contribution is 2.26. The molecule has 0 atom stereocenters. The molecule has 5 nitrogen and oxygen atoms in total. The van der Waals surface area contributed by atoms with E-state index in [0.717, 1.165) is 9.99 Å². The molecule has 0 saturated carbocycles. The Labute approximate surface area is 154 Å². The molecule has 0 saturated heterocycles. The van der Waals surface area contributed by atoms with Gasteiger partial charge in [-0.15, -0.1) is 0 Å². The molecule has 6 heteroatoms. The fourth-order valence-electron chi connectivity index (χ4n) is 2.10. The third-order valence-electron chi connectivity index (χ3n) is 3.25. The van der Waals surface area contributed by atoms with E-state index in [4.69, 9.17) is 9.47 Å². The fraction of sp³-hybridized carbons (Fsp3) is 0.222. The van der Waals surface area contributed by atoms with E-state index < -0.39 is 5.97 Å². The molecule has 2 aromatic carbocycles. The fourth-order valence-corrected chi connectivity index (χ4v) is 2.74. The lowest BCUT2D eigenvalue weighted by Crippen LogP contribution is -2.17. The summed E-state index contributed by atoms with van der Waals surface area (Å²) in [5, 5.41) is 2.80. The molecule has 0 heterocycles.